The Labute approximate surface area is 256 Å². The van der Waals surface area contributed by atoms with Gasteiger partial charge in [0, 0.05) is 20.0 Å². The van der Waals surface area contributed by atoms with Crippen LogP contribution in [-0.4, -0.2) is 77.6 Å². The van der Waals surface area contributed by atoms with Gasteiger partial charge in [-0.15, -0.1) is 0 Å². The van der Waals surface area contributed by atoms with E-state index in [2.05, 4.69) is 0 Å². The van der Waals surface area contributed by atoms with E-state index in [4.69, 9.17) is 18.9 Å². The Morgan fingerprint density at radius 3 is 2.32 bits per heavy atom. The zero-order valence-electron chi connectivity index (χ0n) is 25.1. The lowest BCUT2D eigenvalue weighted by atomic mass is 9.96. The molecule has 0 saturated carbocycles. The molecule has 11 nitrogen and oxygen atoms in total. The second-order valence-corrected chi connectivity index (χ2v) is 10.5. The van der Waals surface area contributed by atoms with Crippen LogP contribution in [0.2, 0.25) is 0 Å². The predicted octanol–water partition coefficient (Wildman–Crippen LogP) is 3.73. The first-order valence-corrected chi connectivity index (χ1v) is 14.5. The number of benzene rings is 2. The fourth-order valence-electron chi connectivity index (χ4n) is 4.64. The van der Waals surface area contributed by atoms with Gasteiger partial charge in [-0.3, -0.25) is 19.2 Å². The molecule has 0 bridgehead atoms. The Balaban J connectivity index is 1.48. The molecule has 236 valence electrons. The third kappa shape index (κ3) is 9.94. The molecule has 0 radical (unpaired) electrons. The molecule has 0 aliphatic carbocycles. The minimum atomic E-state index is -1.55. The normalized spacial score (nSPS) is 18.5. The number of ether oxygens (including phenoxy) is 4. The molecule has 1 aliphatic heterocycles. The molecule has 1 heterocycles. The van der Waals surface area contributed by atoms with Crippen molar-refractivity contribution < 1.29 is 48.0 Å². The summed E-state index contributed by atoms with van der Waals surface area (Å²) in [6.07, 6.45) is -1.15. The predicted molar refractivity (Wildman–Crippen MR) is 158 cm³/mol. The van der Waals surface area contributed by atoms with Crippen molar-refractivity contribution in [2.45, 2.75) is 64.6 Å². The van der Waals surface area contributed by atoms with Gasteiger partial charge >= 0.3 is 12.1 Å². The van der Waals surface area contributed by atoms with Gasteiger partial charge in [0.25, 0.3) is 0 Å². The zero-order chi connectivity index (χ0) is 32.1. The van der Waals surface area contributed by atoms with Crippen LogP contribution < -0.4 is 0 Å². The molecule has 2 aromatic rings. The van der Waals surface area contributed by atoms with Gasteiger partial charge in [0.05, 0.1) is 31.8 Å². The standard InChI is InChI=1S/C33H39NO10/c1-22(32(39)34-23(2)31(44-33(34)40)26-13-8-5-9-14-26)30(43-24(3)36)29(38)17-16-27(37)15-10-18-41-21-28(19-35)42-20-25-11-6-4-7-12-25/h4-9,11-14,16-17,22-23,28,30-31,35H,10,15,18-21H2,1-3H3/t22-,23-,28-,30-,31-/m1/s1. The number of carbonyl (C=O) groups is 5. The number of carbonyl (C=O) groups excluding carboxylic acids is 5. The Bertz CT molecular complexity index is 1300. The van der Waals surface area contributed by atoms with E-state index in [9.17, 15) is 29.1 Å². The number of hydrogen-bond acceptors (Lipinski definition) is 10. The average Bonchev–Trinajstić information content (AvgIpc) is 3.33. The highest BCUT2D eigenvalue weighted by atomic mass is 16.6. The molecule has 5 atom stereocenters. The Morgan fingerprint density at radius 2 is 1.68 bits per heavy atom. The maximum Gasteiger partial charge on any atom is 0.417 e. The average molecular weight is 610 g/mol. The topological polar surface area (TPSA) is 146 Å². The fourth-order valence-corrected chi connectivity index (χ4v) is 4.64. The minimum absolute atomic E-state index is 0.0726. The van der Waals surface area contributed by atoms with Crippen LogP contribution in [0.3, 0.4) is 0 Å². The number of rotatable bonds is 17. The molecule has 2 aromatic carbocycles. The number of esters is 1. The quantitative estimate of drug-likeness (QED) is 0.160. The van der Waals surface area contributed by atoms with Crippen molar-refractivity contribution in [3.8, 4) is 0 Å². The summed E-state index contributed by atoms with van der Waals surface area (Å²) in [5, 5.41) is 9.51. The molecule has 3 rings (SSSR count). The van der Waals surface area contributed by atoms with Crippen molar-refractivity contribution in [2.75, 3.05) is 19.8 Å². The maximum atomic E-state index is 13.3. The maximum absolute atomic E-state index is 13.3. The van der Waals surface area contributed by atoms with Gasteiger partial charge in [0.2, 0.25) is 5.91 Å². The van der Waals surface area contributed by atoms with Gasteiger partial charge in [0.15, 0.2) is 17.7 Å². The summed E-state index contributed by atoms with van der Waals surface area (Å²) >= 11 is 0. The van der Waals surface area contributed by atoms with Gasteiger partial charge < -0.3 is 24.1 Å². The summed E-state index contributed by atoms with van der Waals surface area (Å²) in [6.45, 7) is 4.62. The van der Waals surface area contributed by atoms with E-state index in [1.807, 2.05) is 36.4 Å². The third-order valence-electron chi connectivity index (χ3n) is 7.03. The van der Waals surface area contributed by atoms with Crippen molar-refractivity contribution in [2.24, 2.45) is 5.92 Å². The van der Waals surface area contributed by atoms with E-state index >= 15 is 0 Å². The number of hydrogen-bond donors (Lipinski definition) is 1. The van der Waals surface area contributed by atoms with Gasteiger partial charge in [-0.1, -0.05) is 60.7 Å². The highest BCUT2D eigenvalue weighted by Crippen LogP contribution is 2.33. The number of imide groups is 1. The lowest BCUT2D eigenvalue weighted by Crippen LogP contribution is -2.47. The molecular formula is C33H39NO10. The van der Waals surface area contributed by atoms with Crippen LogP contribution in [0.4, 0.5) is 4.79 Å². The van der Waals surface area contributed by atoms with E-state index in [1.165, 1.54) is 6.92 Å². The van der Waals surface area contributed by atoms with Crippen LogP contribution in [0.5, 0.6) is 0 Å². The smallest absolute Gasteiger partial charge is 0.417 e. The minimum Gasteiger partial charge on any atom is -0.453 e. The van der Waals surface area contributed by atoms with Crippen LogP contribution in [0.1, 0.15) is 50.8 Å². The SMILES string of the molecule is CC(=O)O[C@@H](C(=O)C=CC(=O)CCCOC[C@@H](CO)OCc1ccccc1)[C@@H](C)C(=O)N1C(=O)O[C@@H](c2ccccc2)[C@H]1C. The molecule has 1 aliphatic rings. The second kappa shape index (κ2) is 17.2. The lowest BCUT2D eigenvalue weighted by Gasteiger charge is -2.26. The number of aliphatic hydroxyl groups excluding tert-OH is 1. The Hall–Kier alpha value is -4.19. The number of ketones is 2. The molecule has 0 aromatic heterocycles. The first-order valence-electron chi connectivity index (χ1n) is 14.5. The van der Waals surface area contributed by atoms with Crippen LogP contribution in [0, 0.1) is 5.92 Å². The molecule has 1 fully saturated rings. The van der Waals surface area contributed by atoms with Gasteiger partial charge in [0.1, 0.15) is 12.2 Å². The van der Waals surface area contributed by atoms with Crippen molar-refractivity contribution >= 4 is 29.5 Å². The number of nitrogens with zero attached hydrogens (tertiary/aromatic N) is 1. The fraction of sp³-hybridized carbons (Fsp3) is 0.424. The van der Waals surface area contributed by atoms with E-state index in [0.717, 1.165) is 29.5 Å². The molecule has 0 unspecified atom stereocenters. The second-order valence-electron chi connectivity index (χ2n) is 10.5. The number of amides is 2. The first-order chi connectivity index (χ1) is 21.1. The summed E-state index contributed by atoms with van der Waals surface area (Å²) in [6, 6.07) is 17.8. The van der Waals surface area contributed by atoms with E-state index in [-0.39, 0.29) is 32.0 Å². The highest BCUT2D eigenvalue weighted by Gasteiger charge is 2.47. The van der Waals surface area contributed by atoms with Crippen molar-refractivity contribution in [1.29, 1.82) is 0 Å². The Kier molecular flexibility index (Phi) is 13.4. The number of allylic oxidation sites excluding steroid dienone is 1. The molecule has 1 saturated heterocycles. The summed E-state index contributed by atoms with van der Waals surface area (Å²) in [5.74, 6) is -3.91. The molecule has 0 spiro atoms. The van der Waals surface area contributed by atoms with E-state index < -0.39 is 54.0 Å². The van der Waals surface area contributed by atoms with Gasteiger partial charge in [-0.05, 0) is 43.5 Å². The van der Waals surface area contributed by atoms with Crippen LogP contribution in [-0.2, 0) is 44.7 Å². The van der Waals surface area contributed by atoms with Crippen molar-refractivity contribution in [3.05, 3.63) is 83.9 Å². The monoisotopic (exact) mass is 609 g/mol. The van der Waals surface area contributed by atoms with Crippen LogP contribution in [0.15, 0.2) is 72.8 Å². The molecule has 11 heteroatoms. The first kappa shape index (κ1) is 34.3. The van der Waals surface area contributed by atoms with Crippen molar-refractivity contribution in [3.63, 3.8) is 0 Å². The molecule has 44 heavy (non-hydrogen) atoms. The summed E-state index contributed by atoms with van der Waals surface area (Å²) in [5.41, 5.74) is 1.68. The summed E-state index contributed by atoms with van der Waals surface area (Å²) in [7, 11) is 0. The highest BCUT2D eigenvalue weighted by molar-refractivity contribution is 6.04. The summed E-state index contributed by atoms with van der Waals surface area (Å²) in [4.78, 5) is 64.0. The molecular weight excluding hydrogens is 570 g/mol. The molecule has 2 amide bonds. The van der Waals surface area contributed by atoms with E-state index in [0.29, 0.717) is 18.6 Å². The van der Waals surface area contributed by atoms with Crippen LogP contribution >= 0.6 is 0 Å². The summed E-state index contributed by atoms with van der Waals surface area (Å²) < 4.78 is 21.8. The number of aliphatic hydroxyl groups is 1. The Morgan fingerprint density at radius 1 is 1.02 bits per heavy atom. The van der Waals surface area contributed by atoms with Gasteiger partial charge in [-0.25, -0.2) is 9.69 Å². The van der Waals surface area contributed by atoms with Crippen LogP contribution in [0.25, 0.3) is 0 Å². The van der Waals surface area contributed by atoms with Crippen molar-refractivity contribution in [1.82, 2.24) is 4.90 Å². The molecule has 1 N–H and O–H groups in total. The lowest BCUT2D eigenvalue weighted by molar-refractivity contribution is -0.158. The zero-order valence-corrected chi connectivity index (χ0v) is 25.1. The number of cyclic esters (lactones) is 1. The third-order valence-corrected chi connectivity index (χ3v) is 7.03. The largest absolute Gasteiger partial charge is 0.453 e. The van der Waals surface area contributed by atoms with Gasteiger partial charge in [-0.2, -0.15) is 0 Å². The van der Waals surface area contributed by atoms with E-state index in [1.54, 1.807) is 31.2 Å².